The van der Waals surface area contributed by atoms with Gasteiger partial charge in [0.2, 0.25) is 0 Å². The van der Waals surface area contributed by atoms with E-state index < -0.39 is 23.7 Å². The highest BCUT2D eigenvalue weighted by atomic mass is 16.6. The van der Waals surface area contributed by atoms with Crippen LogP contribution in [0.4, 0.5) is 4.79 Å². The van der Waals surface area contributed by atoms with Crippen LogP contribution in [-0.2, 0) is 20.9 Å². The van der Waals surface area contributed by atoms with Gasteiger partial charge in [0.1, 0.15) is 6.61 Å². The van der Waals surface area contributed by atoms with E-state index in [-0.39, 0.29) is 6.61 Å². The summed E-state index contributed by atoms with van der Waals surface area (Å²) in [6.07, 6.45) is -0.800. The molecule has 0 heterocycles. The maximum absolute atomic E-state index is 11.6. The van der Waals surface area contributed by atoms with Crippen molar-refractivity contribution in [1.29, 1.82) is 0 Å². The first-order valence-electron chi connectivity index (χ1n) is 6.12. The van der Waals surface area contributed by atoms with Crippen LogP contribution in [0.25, 0.3) is 0 Å². The first kappa shape index (κ1) is 16.0. The van der Waals surface area contributed by atoms with Gasteiger partial charge in [0.15, 0.2) is 6.04 Å². The van der Waals surface area contributed by atoms with Gasteiger partial charge in [0, 0.05) is 0 Å². The maximum atomic E-state index is 11.6. The zero-order valence-corrected chi connectivity index (χ0v) is 11.8. The maximum Gasteiger partial charge on any atom is 0.408 e. The van der Waals surface area contributed by atoms with Crippen molar-refractivity contribution in [1.82, 2.24) is 5.32 Å². The molecule has 0 aliphatic carbocycles. The van der Waals surface area contributed by atoms with E-state index in [4.69, 9.17) is 4.74 Å². The van der Waals surface area contributed by atoms with Crippen LogP contribution in [0.5, 0.6) is 0 Å². The summed E-state index contributed by atoms with van der Waals surface area (Å²) in [5.41, 5.74) is -0.640. The van der Waals surface area contributed by atoms with Crippen molar-refractivity contribution in [2.75, 3.05) is 7.11 Å². The molecule has 0 unspecified atom stereocenters. The van der Waals surface area contributed by atoms with Crippen molar-refractivity contribution >= 4 is 12.1 Å². The van der Waals surface area contributed by atoms with Crippen LogP contribution in [0.2, 0.25) is 0 Å². The molecule has 0 spiro atoms. The summed E-state index contributed by atoms with van der Waals surface area (Å²) in [6.45, 7) is 2.87. The molecule has 0 saturated carbocycles. The van der Waals surface area contributed by atoms with Crippen LogP contribution in [0.1, 0.15) is 19.4 Å². The van der Waals surface area contributed by atoms with E-state index in [9.17, 15) is 14.7 Å². The molecule has 0 radical (unpaired) electrons. The molecule has 1 atom stereocenters. The smallest absolute Gasteiger partial charge is 0.408 e. The number of ether oxygens (including phenoxy) is 2. The van der Waals surface area contributed by atoms with Crippen molar-refractivity contribution < 1.29 is 24.2 Å². The number of benzene rings is 1. The Kier molecular flexibility index (Phi) is 5.52. The minimum absolute atomic E-state index is 0.0758. The van der Waals surface area contributed by atoms with Gasteiger partial charge in [-0.05, 0) is 19.4 Å². The second-order valence-corrected chi connectivity index (χ2v) is 4.82. The topological polar surface area (TPSA) is 84.9 Å². The molecule has 6 nitrogen and oxygen atoms in total. The van der Waals surface area contributed by atoms with Gasteiger partial charge in [0.05, 0.1) is 12.7 Å². The molecule has 110 valence electrons. The fourth-order valence-corrected chi connectivity index (χ4v) is 1.52. The van der Waals surface area contributed by atoms with Crippen molar-refractivity contribution in [2.24, 2.45) is 0 Å². The molecule has 0 saturated heterocycles. The Labute approximate surface area is 117 Å². The Bertz CT molecular complexity index is 452. The number of hydrogen-bond donors (Lipinski definition) is 2. The lowest BCUT2D eigenvalue weighted by Crippen LogP contribution is -2.54. The Morgan fingerprint density at radius 2 is 1.90 bits per heavy atom. The summed E-state index contributed by atoms with van der Waals surface area (Å²) in [4.78, 5) is 23.2. The summed E-state index contributed by atoms with van der Waals surface area (Å²) in [6, 6.07) is 7.92. The van der Waals surface area contributed by atoms with Crippen LogP contribution >= 0.6 is 0 Å². The summed E-state index contributed by atoms with van der Waals surface area (Å²) in [7, 11) is 1.18. The van der Waals surface area contributed by atoms with E-state index in [1.807, 2.05) is 18.2 Å². The molecule has 0 bridgehead atoms. The predicted octanol–water partition coefficient (Wildman–Crippen LogP) is 1.23. The first-order chi connectivity index (χ1) is 9.34. The van der Waals surface area contributed by atoms with Crippen molar-refractivity contribution in [3.8, 4) is 0 Å². The lowest BCUT2D eigenvalue weighted by atomic mass is 9.99. The molecule has 0 fully saturated rings. The molecular weight excluding hydrogens is 262 g/mol. The first-order valence-corrected chi connectivity index (χ1v) is 6.12. The third-order valence-corrected chi connectivity index (χ3v) is 2.62. The lowest BCUT2D eigenvalue weighted by Gasteiger charge is -2.27. The average Bonchev–Trinajstić information content (AvgIpc) is 2.41. The predicted molar refractivity (Wildman–Crippen MR) is 71.9 cm³/mol. The van der Waals surface area contributed by atoms with Gasteiger partial charge < -0.3 is 19.9 Å². The number of aliphatic hydroxyl groups is 1. The number of alkyl carbamates (subject to hydrolysis) is 1. The number of hydrogen-bond acceptors (Lipinski definition) is 5. The number of amides is 1. The SMILES string of the molecule is COC(=O)[C@@H](NC(=O)OCc1ccccc1)C(C)(C)O. The van der Waals surface area contributed by atoms with Gasteiger partial charge in [0.25, 0.3) is 0 Å². The van der Waals surface area contributed by atoms with Gasteiger partial charge >= 0.3 is 12.1 Å². The van der Waals surface area contributed by atoms with Crippen LogP contribution < -0.4 is 5.32 Å². The molecule has 0 aliphatic heterocycles. The quantitative estimate of drug-likeness (QED) is 0.793. The van der Waals surface area contributed by atoms with E-state index in [2.05, 4.69) is 10.1 Å². The Hall–Kier alpha value is -2.08. The van der Waals surface area contributed by atoms with E-state index in [1.54, 1.807) is 12.1 Å². The van der Waals surface area contributed by atoms with Gasteiger partial charge in [-0.3, -0.25) is 0 Å². The summed E-state index contributed by atoms with van der Waals surface area (Å²) in [5, 5.41) is 12.1. The molecular formula is C14H19NO5. The zero-order chi connectivity index (χ0) is 15.2. The highest BCUT2D eigenvalue weighted by molar-refractivity contribution is 5.82. The molecule has 2 N–H and O–H groups in total. The molecule has 1 aromatic rings. The zero-order valence-electron chi connectivity index (χ0n) is 11.8. The number of nitrogens with one attached hydrogen (secondary N) is 1. The van der Waals surface area contributed by atoms with Crippen molar-refractivity contribution in [2.45, 2.75) is 32.1 Å². The highest BCUT2D eigenvalue weighted by Gasteiger charge is 2.36. The van der Waals surface area contributed by atoms with Gasteiger partial charge in [-0.15, -0.1) is 0 Å². The molecule has 1 rings (SSSR count). The summed E-state index contributed by atoms with van der Waals surface area (Å²) >= 11 is 0. The van der Waals surface area contributed by atoms with Gasteiger partial charge in [-0.1, -0.05) is 30.3 Å². The van der Waals surface area contributed by atoms with Crippen LogP contribution in [0, 0.1) is 0 Å². The Morgan fingerprint density at radius 3 is 2.40 bits per heavy atom. The molecule has 0 aliphatic rings. The van der Waals surface area contributed by atoms with Gasteiger partial charge in [-0.25, -0.2) is 9.59 Å². The number of carbonyl (C=O) groups is 2. The largest absolute Gasteiger partial charge is 0.467 e. The summed E-state index contributed by atoms with van der Waals surface area (Å²) < 4.78 is 9.51. The standard InChI is InChI=1S/C14H19NO5/c1-14(2,18)11(12(16)19-3)15-13(17)20-9-10-7-5-4-6-8-10/h4-8,11,18H,9H2,1-3H3,(H,15,17)/t11-/m1/s1. The van der Waals surface area contributed by atoms with Crippen LogP contribution in [-0.4, -0.2) is 35.9 Å². The number of rotatable bonds is 5. The fourth-order valence-electron chi connectivity index (χ4n) is 1.52. The third kappa shape index (κ3) is 4.89. The molecule has 1 aromatic carbocycles. The van der Waals surface area contributed by atoms with E-state index in [1.165, 1.54) is 21.0 Å². The second kappa shape index (κ2) is 6.91. The normalized spacial score (nSPS) is 12.4. The van der Waals surface area contributed by atoms with Crippen molar-refractivity contribution in [3.63, 3.8) is 0 Å². The molecule has 0 aromatic heterocycles. The molecule has 6 heteroatoms. The number of esters is 1. The lowest BCUT2D eigenvalue weighted by molar-refractivity contribution is -0.149. The number of carbonyl (C=O) groups excluding carboxylic acids is 2. The Morgan fingerprint density at radius 1 is 1.30 bits per heavy atom. The van der Waals surface area contributed by atoms with E-state index >= 15 is 0 Å². The molecule has 20 heavy (non-hydrogen) atoms. The van der Waals surface area contributed by atoms with Crippen molar-refractivity contribution in [3.05, 3.63) is 35.9 Å². The van der Waals surface area contributed by atoms with E-state index in [0.29, 0.717) is 0 Å². The van der Waals surface area contributed by atoms with E-state index in [0.717, 1.165) is 5.56 Å². The number of methoxy groups -OCH3 is 1. The summed E-state index contributed by atoms with van der Waals surface area (Å²) in [5.74, 6) is -0.742. The van der Waals surface area contributed by atoms with Crippen LogP contribution in [0.15, 0.2) is 30.3 Å². The fraction of sp³-hybridized carbons (Fsp3) is 0.429. The average molecular weight is 281 g/mol. The van der Waals surface area contributed by atoms with Gasteiger partial charge in [-0.2, -0.15) is 0 Å². The monoisotopic (exact) mass is 281 g/mol. The minimum atomic E-state index is -1.46. The second-order valence-electron chi connectivity index (χ2n) is 4.82. The highest BCUT2D eigenvalue weighted by Crippen LogP contribution is 2.10. The minimum Gasteiger partial charge on any atom is -0.467 e. The Balaban J connectivity index is 2.57. The third-order valence-electron chi connectivity index (χ3n) is 2.62. The molecule has 1 amide bonds. The van der Waals surface area contributed by atoms with Crippen LogP contribution in [0.3, 0.4) is 0 Å².